The molecule has 0 amide bonds. The zero-order valence-electron chi connectivity index (χ0n) is 12.2. The van der Waals surface area contributed by atoms with Crippen molar-refractivity contribution in [2.24, 2.45) is 11.8 Å². The van der Waals surface area contributed by atoms with Gasteiger partial charge in [0.25, 0.3) is 0 Å². The van der Waals surface area contributed by atoms with Crippen molar-refractivity contribution in [2.45, 2.75) is 32.1 Å². The fourth-order valence-electron chi connectivity index (χ4n) is 2.53. The maximum absolute atomic E-state index is 12.5. The molecule has 0 aliphatic carbocycles. The van der Waals surface area contributed by atoms with Crippen LogP contribution < -0.4 is 0 Å². The molecule has 0 spiro atoms. The molecule has 1 unspecified atom stereocenters. The van der Waals surface area contributed by atoms with Crippen LogP contribution in [-0.4, -0.2) is 31.6 Å². The van der Waals surface area contributed by atoms with Gasteiger partial charge in [0.1, 0.15) is 0 Å². The molecule has 1 fully saturated rings. The lowest BCUT2D eigenvalue weighted by molar-refractivity contribution is 0.101. The number of ketones is 1. The van der Waals surface area contributed by atoms with E-state index in [9.17, 15) is 13.2 Å². The number of rotatable bonds is 4. The second-order valence-corrected chi connectivity index (χ2v) is 7.67. The maximum Gasteiger partial charge on any atom is 0.243 e. The monoisotopic (exact) mass is 295 g/mol. The van der Waals surface area contributed by atoms with Crippen molar-refractivity contribution in [3.63, 3.8) is 0 Å². The Morgan fingerprint density at radius 3 is 2.30 bits per heavy atom. The molecule has 1 aliphatic heterocycles. The Balaban J connectivity index is 2.21. The molecular weight excluding hydrogens is 274 g/mol. The van der Waals surface area contributed by atoms with Crippen LogP contribution in [0, 0.1) is 11.8 Å². The number of hydrogen-bond acceptors (Lipinski definition) is 3. The predicted octanol–water partition coefficient (Wildman–Crippen LogP) is 2.56. The average Bonchev–Trinajstić information content (AvgIpc) is 2.89. The van der Waals surface area contributed by atoms with Crippen molar-refractivity contribution >= 4 is 15.8 Å². The van der Waals surface area contributed by atoms with Crippen molar-refractivity contribution < 1.29 is 13.2 Å². The van der Waals surface area contributed by atoms with E-state index in [0.717, 1.165) is 6.42 Å². The van der Waals surface area contributed by atoms with Crippen molar-refractivity contribution in [2.75, 3.05) is 13.1 Å². The Bertz CT molecular complexity index is 590. The second kappa shape index (κ2) is 5.66. The highest BCUT2D eigenvalue weighted by Gasteiger charge is 2.33. The molecule has 110 valence electrons. The van der Waals surface area contributed by atoms with Crippen molar-refractivity contribution in [3.8, 4) is 0 Å². The van der Waals surface area contributed by atoms with Crippen LogP contribution in [0.4, 0.5) is 0 Å². The van der Waals surface area contributed by atoms with Gasteiger partial charge in [-0.15, -0.1) is 0 Å². The molecule has 1 saturated heterocycles. The third-order valence-electron chi connectivity index (χ3n) is 4.03. The predicted molar refractivity (Wildman–Crippen MR) is 78.2 cm³/mol. The summed E-state index contributed by atoms with van der Waals surface area (Å²) in [5, 5.41) is 0. The molecule has 0 aromatic heterocycles. The summed E-state index contributed by atoms with van der Waals surface area (Å²) >= 11 is 0. The van der Waals surface area contributed by atoms with Gasteiger partial charge in [-0.25, -0.2) is 8.42 Å². The van der Waals surface area contributed by atoms with Crippen molar-refractivity contribution in [3.05, 3.63) is 29.8 Å². The number of nitrogens with zero attached hydrogens (tertiary/aromatic N) is 1. The molecule has 2 rings (SSSR count). The molecule has 1 aromatic carbocycles. The summed E-state index contributed by atoms with van der Waals surface area (Å²) < 4.78 is 26.6. The molecule has 1 aliphatic rings. The van der Waals surface area contributed by atoms with Gasteiger partial charge in [-0.05, 0) is 37.3 Å². The fourth-order valence-corrected chi connectivity index (χ4v) is 4.04. The van der Waals surface area contributed by atoms with Crippen LogP contribution in [0.15, 0.2) is 29.2 Å². The van der Waals surface area contributed by atoms with E-state index >= 15 is 0 Å². The molecule has 0 N–H and O–H groups in total. The maximum atomic E-state index is 12.5. The number of sulfonamides is 1. The highest BCUT2D eigenvalue weighted by Crippen LogP contribution is 2.28. The number of hydrogen-bond donors (Lipinski definition) is 0. The topological polar surface area (TPSA) is 54.5 Å². The number of carbonyl (C=O) groups excluding carboxylic acids is 1. The zero-order valence-corrected chi connectivity index (χ0v) is 13.0. The Hall–Kier alpha value is -1.20. The Morgan fingerprint density at radius 1 is 1.25 bits per heavy atom. The van der Waals surface area contributed by atoms with Gasteiger partial charge in [-0.2, -0.15) is 4.31 Å². The summed E-state index contributed by atoms with van der Waals surface area (Å²) in [5.74, 6) is 0.867. The first-order valence-electron chi connectivity index (χ1n) is 6.93. The SMILES string of the molecule is CC(=O)c1ccc(S(=O)(=O)N2CCC(C(C)C)C2)cc1. The normalized spacial score (nSPS) is 20.5. The van der Waals surface area contributed by atoms with Gasteiger partial charge >= 0.3 is 0 Å². The van der Waals surface area contributed by atoms with Gasteiger partial charge in [0, 0.05) is 18.7 Å². The molecule has 0 saturated carbocycles. The molecule has 0 radical (unpaired) electrons. The third-order valence-corrected chi connectivity index (χ3v) is 5.91. The molecule has 4 nitrogen and oxygen atoms in total. The summed E-state index contributed by atoms with van der Waals surface area (Å²) in [6.07, 6.45) is 0.919. The first-order valence-corrected chi connectivity index (χ1v) is 8.37. The fraction of sp³-hybridized carbons (Fsp3) is 0.533. The smallest absolute Gasteiger partial charge is 0.243 e. The van der Waals surface area contributed by atoms with Gasteiger partial charge in [-0.1, -0.05) is 26.0 Å². The first kappa shape index (κ1) is 15.2. The highest BCUT2D eigenvalue weighted by atomic mass is 32.2. The lowest BCUT2D eigenvalue weighted by atomic mass is 9.96. The number of Topliss-reactive ketones (excluding diaryl/α,β-unsaturated/α-hetero) is 1. The lowest BCUT2D eigenvalue weighted by Crippen LogP contribution is -2.29. The minimum Gasteiger partial charge on any atom is -0.295 e. The van der Waals surface area contributed by atoms with Gasteiger partial charge in [0.05, 0.1) is 4.90 Å². The number of carbonyl (C=O) groups is 1. The van der Waals surface area contributed by atoms with Crippen LogP contribution in [0.2, 0.25) is 0 Å². The molecule has 1 atom stereocenters. The molecular formula is C15H21NO3S. The molecule has 1 heterocycles. The average molecular weight is 295 g/mol. The van der Waals surface area contributed by atoms with Gasteiger partial charge in [0.15, 0.2) is 5.78 Å². The Kier molecular flexibility index (Phi) is 4.30. The zero-order chi connectivity index (χ0) is 14.9. The van der Waals surface area contributed by atoms with Crippen molar-refractivity contribution in [1.29, 1.82) is 0 Å². The van der Waals surface area contributed by atoms with Crippen LogP contribution in [0.1, 0.15) is 37.6 Å². The van der Waals surface area contributed by atoms with Gasteiger partial charge in [-0.3, -0.25) is 4.79 Å². The Labute approximate surface area is 120 Å². The first-order chi connectivity index (χ1) is 9.32. The summed E-state index contributed by atoms with van der Waals surface area (Å²) in [7, 11) is -3.43. The lowest BCUT2D eigenvalue weighted by Gasteiger charge is -2.18. The van der Waals surface area contributed by atoms with Crippen LogP contribution >= 0.6 is 0 Å². The van der Waals surface area contributed by atoms with E-state index in [4.69, 9.17) is 0 Å². The summed E-state index contributed by atoms with van der Waals surface area (Å²) in [4.78, 5) is 11.5. The standard InChI is InChI=1S/C15H21NO3S/c1-11(2)14-8-9-16(10-14)20(18,19)15-6-4-13(5-7-15)12(3)17/h4-7,11,14H,8-10H2,1-3H3. The third kappa shape index (κ3) is 2.94. The quantitative estimate of drug-likeness (QED) is 0.802. The minimum absolute atomic E-state index is 0.0602. The van der Waals surface area contributed by atoms with Crippen LogP contribution in [0.3, 0.4) is 0 Å². The van der Waals surface area contributed by atoms with Crippen molar-refractivity contribution in [1.82, 2.24) is 4.31 Å². The summed E-state index contributed by atoms with van der Waals surface area (Å²) in [6, 6.07) is 6.19. The molecule has 5 heteroatoms. The number of benzene rings is 1. The second-order valence-electron chi connectivity index (χ2n) is 5.74. The van der Waals surface area contributed by atoms with Gasteiger partial charge in [0.2, 0.25) is 10.0 Å². The highest BCUT2D eigenvalue weighted by molar-refractivity contribution is 7.89. The van der Waals surface area contributed by atoms with E-state index < -0.39 is 10.0 Å². The van der Waals surface area contributed by atoms with Crippen LogP contribution in [0.5, 0.6) is 0 Å². The Morgan fingerprint density at radius 2 is 1.85 bits per heavy atom. The van der Waals surface area contributed by atoms with Crippen LogP contribution in [-0.2, 0) is 10.0 Å². The molecule has 20 heavy (non-hydrogen) atoms. The van der Waals surface area contributed by atoms with E-state index in [2.05, 4.69) is 13.8 Å². The van der Waals surface area contributed by atoms with E-state index in [0.29, 0.717) is 30.5 Å². The van der Waals surface area contributed by atoms with E-state index in [1.807, 2.05) is 0 Å². The molecule has 1 aromatic rings. The van der Waals surface area contributed by atoms with Crippen LogP contribution in [0.25, 0.3) is 0 Å². The van der Waals surface area contributed by atoms with E-state index in [1.165, 1.54) is 19.1 Å². The summed E-state index contributed by atoms with van der Waals surface area (Å²) in [5.41, 5.74) is 0.533. The molecule has 0 bridgehead atoms. The summed E-state index contributed by atoms with van der Waals surface area (Å²) in [6.45, 7) is 6.90. The van der Waals surface area contributed by atoms with Gasteiger partial charge < -0.3 is 0 Å². The van der Waals surface area contributed by atoms with E-state index in [1.54, 1.807) is 16.4 Å². The largest absolute Gasteiger partial charge is 0.295 e. The minimum atomic E-state index is -3.43. The van der Waals surface area contributed by atoms with E-state index in [-0.39, 0.29) is 10.7 Å².